The molecule has 9 heteroatoms. The molecule has 0 bridgehead atoms. The molecular weight excluding hydrogens is 374 g/mol. The molecule has 0 atom stereocenters. The van der Waals surface area contributed by atoms with Crippen molar-refractivity contribution >= 4 is 29.5 Å². The van der Waals surface area contributed by atoms with E-state index in [1.54, 1.807) is 0 Å². The Balaban J connectivity index is 1.65. The van der Waals surface area contributed by atoms with Crippen molar-refractivity contribution < 1.29 is 19.1 Å². The van der Waals surface area contributed by atoms with Crippen LogP contribution in [0.15, 0.2) is 48.5 Å². The zero-order valence-corrected chi connectivity index (χ0v) is 15.9. The summed E-state index contributed by atoms with van der Waals surface area (Å²) in [5.74, 6) is -0.628. The average molecular weight is 393 g/mol. The smallest absolute Gasteiger partial charge is 0.338 e. The number of benzene rings is 2. The van der Waals surface area contributed by atoms with Crippen LogP contribution < -0.4 is 11.1 Å². The van der Waals surface area contributed by atoms with Crippen LogP contribution >= 0.6 is 0 Å². The van der Waals surface area contributed by atoms with Crippen LogP contribution in [0.3, 0.4) is 0 Å². The van der Waals surface area contributed by atoms with Gasteiger partial charge < -0.3 is 20.5 Å². The van der Waals surface area contributed by atoms with E-state index in [1.165, 1.54) is 31.4 Å². The van der Waals surface area contributed by atoms with Gasteiger partial charge in [0, 0.05) is 5.69 Å². The van der Waals surface area contributed by atoms with E-state index in [9.17, 15) is 9.59 Å². The molecular formula is C20H19N5O4. The predicted molar refractivity (Wildman–Crippen MR) is 106 cm³/mol. The second-order valence-corrected chi connectivity index (χ2v) is 6.07. The van der Waals surface area contributed by atoms with Crippen molar-refractivity contribution in [3.63, 3.8) is 0 Å². The summed E-state index contributed by atoms with van der Waals surface area (Å²) >= 11 is 0. The third-order valence-electron chi connectivity index (χ3n) is 3.88. The molecule has 0 aliphatic heterocycles. The van der Waals surface area contributed by atoms with Crippen LogP contribution in [-0.2, 0) is 16.1 Å². The molecule has 0 fully saturated rings. The number of nitrogens with two attached hydrogens (primary N) is 1. The highest BCUT2D eigenvalue weighted by Gasteiger charge is 2.12. The van der Waals surface area contributed by atoms with Gasteiger partial charge in [0.1, 0.15) is 0 Å². The van der Waals surface area contributed by atoms with Gasteiger partial charge in [-0.15, -0.1) is 0 Å². The maximum absolute atomic E-state index is 12.2. The zero-order chi connectivity index (χ0) is 20.8. The molecule has 0 radical (unpaired) electrons. The lowest BCUT2D eigenvalue weighted by Crippen LogP contribution is -2.11. The van der Waals surface area contributed by atoms with E-state index in [0.29, 0.717) is 5.56 Å². The second kappa shape index (κ2) is 8.79. The van der Waals surface area contributed by atoms with Gasteiger partial charge in [0.25, 0.3) is 0 Å². The van der Waals surface area contributed by atoms with E-state index >= 15 is 0 Å². The summed E-state index contributed by atoms with van der Waals surface area (Å²) in [5.41, 5.74) is 8.25. The summed E-state index contributed by atoms with van der Waals surface area (Å²) in [4.78, 5) is 35.9. The SMILES string of the molecule is COC(=O)c1ccc(C(=O)OCc2nc(N)nc(Nc3ccc(C)cc3)n2)cc1. The maximum Gasteiger partial charge on any atom is 0.338 e. The van der Waals surface area contributed by atoms with Gasteiger partial charge >= 0.3 is 11.9 Å². The molecule has 3 N–H and O–H groups in total. The predicted octanol–water partition coefficient (Wildman–Crippen LogP) is 2.65. The number of hydrogen-bond acceptors (Lipinski definition) is 9. The topological polar surface area (TPSA) is 129 Å². The maximum atomic E-state index is 12.2. The molecule has 0 unspecified atom stereocenters. The van der Waals surface area contributed by atoms with Crippen LogP contribution in [0.25, 0.3) is 0 Å². The third-order valence-corrected chi connectivity index (χ3v) is 3.88. The van der Waals surface area contributed by atoms with Crippen molar-refractivity contribution in [1.29, 1.82) is 0 Å². The van der Waals surface area contributed by atoms with Gasteiger partial charge in [0.05, 0.1) is 18.2 Å². The molecule has 2 aromatic carbocycles. The van der Waals surface area contributed by atoms with Crippen molar-refractivity contribution in [3.8, 4) is 0 Å². The van der Waals surface area contributed by atoms with Crippen molar-refractivity contribution in [1.82, 2.24) is 15.0 Å². The molecule has 3 rings (SSSR count). The highest BCUT2D eigenvalue weighted by atomic mass is 16.5. The molecule has 0 spiro atoms. The fraction of sp³-hybridized carbons (Fsp3) is 0.150. The van der Waals surface area contributed by atoms with Gasteiger partial charge in [0.2, 0.25) is 11.9 Å². The number of nitrogen functional groups attached to an aromatic ring is 1. The lowest BCUT2D eigenvalue weighted by Gasteiger charge is -2.08. The monoisotopic (exact) mass is 393 g/mol. The minimum absolute atomic E-state index is 0.00286. The molecule has 29 heavy (non-hydrogen) atoms. The molecule has 0 saturated carbocycles. The Morgan fingerprint density at radius 2 is 1.55 bits per heavy atom. The van der Waals surface area contributed by atoms with Crippen LogP contribution in [-0.4, -0.2) is 34.0 Å². The van der Waals surface area contributed by atoms with Crippen LogP contribution in [0.2, 0.25) is 0 Å². The Labute approximate surface area is 166 Å². The minimum Gasteiger partial charge on any atom is -0.465 e. The average Bonchev–Trinajstić information content (AvgIpc) is 2.73. The number of carbonyl (C=O) groups is 2. The van der Waals surface area contributed by atoms with Gasteiger partial charge in [-0.05, 0) is 43.3 Å². The second-order valence-electron chi connectivity index (χ2n) is 6.07. The van der Waals surface area contributed by atoms with Gasteiger partial charge in [-0.25, -0.2) is 9.59 Å². The largest absolute Gasteiger partial charge is 0.465 e. The Kier molecular flexibility index (Phi) is 5.98. The Morgan fingerprint density at radius 3 is 2.17 bits per heavy atom. The minimum atomic E-state index is -0.589. The van der Waals surface area contributed by atoms with Crippen molar-refractivity contribution in [3.05, 3.63) is 71.0 Å². The molecule has 0 aliphatic rings. The first-order chi connectivity index (χ1) is 13.9. The molecule has 148 valence electrons. The van der Waals surface area contributed by atoms with Gasteiger partial charge in [0.15, 0.2) is 12.4 Å². The molecule has 9 nitrogen and oxygen atoms in total. The van der Waals surface area contributed by atoms with Crippen molar-refractivity contribution in [2.24, 2.45) is 0 Å². The summed E-state index contributed by atoms with van der Waals surface area (Å²) in [6, 6.07) is 13.6. The van der Waals surface area contributed by atoms with Crippen LogP contribution in [0.5, 0.6) is 0 Å². The molecule has 0 aliphatic carbocycles. The van der Waals surface area contributed by atoms with E-state index in [2.05, 4.69) is 25.0 Å². The molecule has 0 amide bonds. The zero-order valence-electron chi connectivity index (χ0n) is 15.9. The first kappa shape index (κ1) is 19.7. The summed E-state index contributed by atoms with van der Waals surface area (Å²) in [6.07, 6.45) is 0. The Bertz CT molecular complexity index is 1020. The van der Waals surface area contributed by atoms with E-state index in [4.69, 9.17) is 10.5 Å². The number of rotatable bonds is 6. The fourth-order valence-electron chi connectivity index (χ4n) is 2.40. The molecule has 1 heterocycles. The summed E-state index contributed by atoms with van der Waals surface area (Å²) in [7, 11) is 1.28. The Morgan fingerprint density at radius 1 is 0.931 bits per heavy atom. The third kappa shape index (κ3) is 5.25. The quantitative estimate of drug-likeness (QED) is 0.607. The van der Waals surface area contributed by atoms with Crippen molar-refractivity contribution in [2.45, 2.75) is 13.5 Å². The van der Waals surface area contributed by atoms with Gasteiger partial charge in [-0.3, -0.25) is 0 Å². The number of anilines is 3. The number of ether oxygens (including phenoxy) is 2. The number of methoxy groups -OCH3 is 1. The summed E-state index contributed by atoms with van der Waals surface area (Å²) in [6.45, 7) is 1.80. The number of aromatic nitrogens is 3. The number of esters is 2. The van der Waals surface area contributed by atoms with Crippen molar-refractivity contribution in [2.75, 3.05) is 18.2 Å². The molecule has 0 saturated heterocycles. The van der Waals surface area contributed by atoms with Gasteiger partial charge in [-0.1, -0.05) is 17.7 Å². The number of hydrogen-bond donors (Lipinski definition) is 2. The summed E-state index contributed by atoms with van der Waals surface area (Å²) in [5, 5.41) is 3.03. The number of nitrogens with one attached hydrogen (secondary N) is 1. The van der Waals surface area contributed by atoms with Crippen LogP contribution in [0.1, 0.15) is 32.1 Å². The normalized spacial score (nSPS) is 10.3. The molecule has 1 aromatic heterocycles. The number of nitrogens with zero attached hydrogens (tertiary/aromatic N) is 3. The highest BCUT2D eigenvalue weighted by molar-refractivity contribution is 5.93. The fourth-order valence-corrected chi connectivity index (χ4v) is 2.40. The summed E-state index contributed by atoms with van der Waals surface area (Å²) < 4.78 is 9.84. The van der Waals surface area contributed by atoms with E-state index < -0.39 is 11.9 Å². The van der Waals surface area contributed by atoms with E-state index in [1.807, 2.05) is 31.2 Å². The van der Waals surface area contributed by atoms with E-state index in [0.717, 1.165) is 11.3 Å². The van der Waals surface area contributed by atoms with E-state index in [-0.39, 0.29) is 29.9 Å². The number of carbonyl (C=O) groups excluding carboxylic acids is 2. The van der Waals surface area contributed by atoms with Crippen LogP contribution in [0, 0.1) is 6.92 Å². The lowest BCUT2D eigenvalue weighted by atomic mass is 10.1. The lowest BCUT2D eigenvalue weighted by molar-refractivity contribution is 0.0461. The standard InChI is InChI=1S/C20H19N5O4/c1-12-3-9-15(10-4-12)22-20-24-16(23-19(21)25-20)11-29-18(27)14-7-5-13(6-8-14)17(26)28-2/h3-10H,11H2,1-2H3,(H3,21,22,23,24,25). The Hall–Kier alpha value is -4.01. The molecule has 3 aromatic rings. The van der Waals surface area contributed by atoms with Crippen LogP contribution in [0.4, 0.5) is 17.6 Å². The first-order valence-electron chi connectivity index (χ1n) is 8.64. The van der Waals surface area contributed by atoms with Gasteiger partial charge in [-0.2, -0.15) is 15.0 Å². The first-order valence-corrected chi connectivity index (χ1v) is 8.64. The number of aryl methyl sites for hydroxylation is 1. The highest BCUT2D eigenvalue weighted by Crippen LogP contribution is 2.15.